The summed E-state index contributed by atoms with van der Waals surface area (Å²) in [6.07, 6.45) is 4.97. The number of hydrogen-bond donors (Lipinski definition) is 1. The van der Waals surface area contributed by atoms with Crippen molar-refractivity contribution in [2.24, 2.45) is 0 Å². The molecule has 0 radical (unpaired) electrons. The number of hydrogen-bond acceptors (Lipinski definition) is 4. The molecule has 3 aromatic heterocycles. The Kier molecular flexibility index (Phi) is 3.25. The Morgan fingerprint density at radius 1 is 1.00 bits per heavy atom. The molecule has 3 heterocycles. The Morgan fingerprint density at radius 2 is 1.88 bits per heavy atom. The topological polar surface area (TPSA) is 69.6 Å². The SMILES string of the molecule is Nc1ncccc1-c1nc2ccc(F)nc2n1-c1ccc2c(c1)CCC2. The first-order chi connectivity index (χ1) is 12.7. The first-order valence-corrected chi connectivity index (χ1v) is 8.59. The van der Waals surface area contributed by atoms with Crippen LogP contribution < -0.4 is 5.73 Å². The number of rotatable bonds is 2. The second kappa shape index (κ2) is 5.62. The van der Waals surface area contributed by atoms with Gasteiger partial charge >= 0.3 is 0 Å². The predicted octanol–water partition coefficient (Wildman–Crippen LogP) is 3.69. The first-order valence-electron chi connectivity index (χ1n) is 8.59. The number of nitrogens with two attached hydrogens (primary N) is 1. The molecular formula is C20H16FN5. The maximum absolute atomic E-state index is 13.9. The summed E-state index contributed by atoms with van der Waals surface area (Å²) in [5.41, 5.74) is 11.5. The molecule has 0 amide bonds. The van der Waals surface area contributed by atoms with Crippen LogP contribution in [0.3, 0.4) is 0 Å². The molecule has 0 bridgehead atoms. The molecule has 6 heteroatoms. The van der Waals surface area contributed by atoms with Crippen LogP contribution in [0.4, 0.5) is 10.2 Å². The normalized spacial score (nSPS) is 13.3. The summed E-state index contributed by atoms with van der Waals surface area (Å²) in [6.45, 7) is 0. The Bertz CT molecular complexity index is 1150. The number of aromatic nitrogens is 4. The van der Waals surface area contributed by atoms with Crippen molar-refractivity contribution in [1.29, 1.82) is 0 Å². The number of anilines is 1. The zero-order valence-electron chi connectivity index (χ0n) is 14.0. The second-order valence-electron chi connectivity index (χ2n) is 6.49. The first kappa shape index (κ1) is 15.0. The number of benzene rings is 1. The van der Waals surface area contributed by atoms with E-state index in [1.54, 1.807) is 12.3 Å². The van der Waals surface area contributed by atoms with Crippen molar-refractivity contribution >= 4 is 17.0 Å². The van der Waals surface area contributed by atoms with Gasteiger partial charge in [-0.25, -0.2) is 9.97 Å². The van der Waals surface area contributed by atoms with E-state index in [1.807, 2.05) is 22.8 Å². The largest absolute Gasteiger partial charge is 0.383 e. The Balaban J connectivity index is 1.83. The van der Waals surface area contributed by atoms with Crippen LogP contribution in [0.1, 0.15) is 17.5 Å². The Hall–Kier alpha value is -3.28. The smallest absolute Gasteiger partial charge is 0.214 e. The van der Waals surface area contributed by atoms with Gasteiger partial charge in [0.1, 0.15) is 11.3 Å². The standard InChI is InChI=1S/C20H16FN5/c21-17-9-8-16-20(25-17)26(14-7-6-12-3-1-4-13(12)11-14)19(24-16)15-5-2-10-23-18(15)22/h2,5-11H,1,3-4H2,(H2,22,23). The lowest BCUT2D eigenvalue weighted by Gasteiger charge is -2.11. The van der Waals surface area contributed by atoms with E-state index >= 15 is 0 Å². The molecule has 0 aliphatic heterocycles. The van der Waals surface area contributed by atoms with Crippen molar-refractivity contribution < 1.29 is 4.39 Å². The highest BCUT2D eigenvalue weighted by Crippen LogP contribution is 2.32. The summed E-state index contributed by atoms with van der Waals surface area (Å²) < 4.78 is 15.7. The molecule has 26 heavy (non-hydrogen) atoms. The quantitative estimate of drug-likeness (QED) is 0.563. The van der Waals surface area contributed by atoms with Crippen molar-refractivity contribution in [3.8, 4) is 17.1 Å². The fourth-order valence-corrected chi connectivity index (χ4v) is 3.66. The van der Waals surface area contributed by atoms with E-state index in [-0.39, 0.29) is 0 Å². The highest BCUT2D eigenvalue weighted by molar-refractivity contribution is 5.82. The van der Waals surface area contributed by atoms with Gasteiger partial charge in [-0.1, -0.05) is 6.07 Å². The minimum Gasteiger partial charge on any atom is -0.383 e. The van der Waals surface area contributed by atoms with E-state index in [1.165, 1.54) is 23.6 Å². The second-order valence-corrected chi connectivity index (χ2v) is 6.49. The maximum Gasteiger partial charge on any atom is 0.214 e. The lowest BCUT2D eigenvalue weighted by molar-refractivity contribution is 0.587. The minimum absolute atomic E-state index is 0.380. The minimum atomic E-state index is -0.537. The van der Waals surface area contributed by atoms with E-state index in [4.69, 9.17) is 5.73 Å². The fraction of sp³-hybridized carbons (Fsp3) is 0.150. The number of imidazole rings is 1. The molecule has 1 aliphatic rings. The van der Waals surface area contributed by atoms with Crippen LogP contribution in [-0.2, 0) is 12.8 Å². The molecule has 4 aromatic rings. The Morgan fingerprint density at radius 3 is 2.77 bits per heavy atom. The number of nitrogen functional groups attached to an aromatic ring is 1. The molecule has 0 saturated carbocycles. The lowest BCUT2D eigenvalue weighted by Crippen LogP contribution is -2.03. The molecule has 0 saturated heterocycles. The number of aryl methyl sites for hydroxylation is 2. The number of nitrogens with zero attached hydrogens (tertiary/aromatic N) is 4. The summed E-state index contributed by atoms with van der Waals surface area (Å²) in [6, 6.07) is 12.9. The summed E-state index contributed by atoms with van der Waals surface area (Å²) in [5, 5.41) is 0. The van der Waals surface area contributed by atoms with E-state index in [0.29, 0.717) is 28.4 Å². The predicted molar refractivity (Wildman–Crippen MR) is 98.5 cm³/mol. The highest BCUT2D eigenvalue weighted by atomic mass is 19.1. The van der Waals surface area contributed by atoms with Crippen LogP contribution in [0.25, 0.3) is 28.2 Å². The summed E-state index contributed by atoms with van der Waals surface area (Å²) in [7, 11) is 0. The van der Waals surface area contributed by atoms with E-state index in [2.05, 4.69) is 27.1 Å². The van der Waals surface area contributed by atoms with Crippen molar-refractivity contribution in [2.45, 2.75) is 19.3 Å². The average Bonchev–Trinajstić information content (AvgIpc) is 3.25. The summed E-state index contributed by atoms with van der Waals surface area (Å²) >= 11 is 0. The van der Waals surface area contributed by atoms with Crippen LogP contribution in [0.5, 0.6) is 0 Å². The van der Waals surface area contributed by atoms with Crippen molar-refractivity contribution in [2.75, 3.05) is 5.73 Å². The molecule has 0 fully saturated rings. The van der Waals surface area contributed by atoms with Crippen LogP contribution >= 0.6 is 0 Å². The molecule has 128 valence electrons. The molecule has 1 aromatic carbocycles. The molecule has 0 atom stereocenters. The van der Waals surface area contributed by atoms with Gasteiger partial charge in [-0.2, -0.15) is 9.37 Å². The summed E-state index contributed by atoms with van der Waals surface area (Å²) in [4.78, 5) is 12.9. The molecule has 0 unspecified atom stereocenters. The van der Waals surface area contributed by atoms with Gasteiger partial charge in [0.05, 0.1) is 5.56 Å². The van der Waals surface area contributed by atoms with Gasteiger partial charge in [-0.05, 0) is 66.8 Å². The van der Waals surface area contributed by atoms with E-state index in [0.717, 1.165) is 18.5 Å². The van der Waals surface area contributed by atoms with Crippen LogP contribution in [-0.4, -0.2) is 19.5 Å². The third-order valence-electron chi connectivity index (χ3n) is 4.89. The van der Waals surface area contributed by atoms with E-state index < -0.39 is 5.95 Å². The van der Waals surface area contributed by atoms with Crippen molar-refractivity contribution in [3.63, 3.8) is 0 Å². The van der Waals surface area contributed by atoms with Gasteiger partial charge in [0, 0.05) is 11.9 Å². The molecule has 5 rings (SSSR count). The lowest BCUT2D eigenvalue weighted by atomic mass is 10.1. The number of fused-ring (bicyclic) bond motifs is 2. The molecule has 2 N–H and O–H groups in total. The molecular weight excluding hydrogens is 329 g/mol. The molecule has 5 nitrogen and oxygen atoms in total. The molecule has 0 spiro atoms. The zero-order valence-corrected chi connectivity index (χ0v) is 14.0. The van der Waals surface area contributed by atoms with Gasteiger partial charge < -0.3 is 5.73 Å². The zero-order chi connectivity index (χ0) is 17.7. The fourth-order valence-electron chi connectivity index (χ4n) is 3.66. The maximum atomic E-state index is 13.9. The monoisotopic (exact) mass is 345 g/mol. The van der Waals surface area contributed by atoms with Gasteiger partial charge in [-0.3, -0.25) is 4.57 Å². The third kappa shape index (κ3) is 2.26. The highest BCUT2D eigenvalue weighted by Gasteiger charge is 2.20. The summed E-state index contributed by atoms with van der Waals surface area (Å²) in [5.74, 6) is 0.456. The van der Waals surface area contributed by atoms with E-state index in [9.17, 15) is 4.39 Å². The van der Waals surface area contributed by atoms with Crippen LogP contribution in [0.15, 0.2) is 48.7 Å². The van der Waals surface area contributed by atoms with Crippen LogP contribution in [0.2, 0.25) is 0 Å². The number of pyridine rings is 2. The van der Waals surface area contributed by atoms with Gasteiger partial charge in [0.25, 0.3) is 0 Å². The van der Waals surface area contributed by atoms with Crippen molar-refractivity contribution in [1.82, 2.24) is 19.5 Å². The number of halogens is 1. The Labute approximate surface area is 149 Å². The van der Waals surface area contributed by atoms with Gasteiger partial charge in [0.2, 0.25) is 5.95 Å². The van der Waals surface area contributed by atoms with Crippen LogP contribution in [0, 0.1) is 5.95 Å². The molecule has 1 aliphatic carbocycles. The van der Waals surface area contributed by atoms with Gasteiger partial charge in [-0.15, -0.1) is 0 Å². The van der Waals surface area contributed by atoms with Gasteiger partial charge in [0.15, 0.2) is 11.5 Å². The van der Waals surface area contributed by atoms with Crippen molar-refractivity contribution in [3.05, 3.63) is 65.7 Å². The average molecular weight is 345 g/mol. The third-order valence-corrected chi connectivity index (χ3v) is 4.89.